The highest BCUT2D eigenvalue weighted by molar-refractivity contribution is 8.26. The van der Waals surface area contributed by atoms with E-state index in [1.165, 1.54) is 18.2 Å². The van der Waals surface area contributed by atoms with Crippen LogP contribution in [0.4, 0.5) is 0 Å². The average Bonchev–Trinajstić information content (AvgIpc) is 3.41. The first-order chi connectivity index (χ1) is 17.9. The molecule has 2 heterocycles. The molecule has 0 bridgehead atoms. The van der Waals surface area contributed by atoms with Crippen LogP contribution in [0.2, 0.25) is 0 Å². The van der Waals surface area contributed by atoms with Crippen LogP contribution in [0.15, 0.2) is 59.6 Å². The van der Waals surface area contributed by atoms with Gasteiger partial charge in [0, 0.05) is 23.9 Å². The summed E-state index contributed by atoms with van der Waals surface area (Å²) in [6.45, 7) is 9.87. The molecule has 37 heavy (non-hydrogen) atoms. The van der Waals surface area contributed by atoms with E-state index in [9.17, 15) is 4.79 Å². The molecule has 0 spiro atoms. The minimum absolute atomic E-state index is 0.0148. The molecule has 2 aromatic carbocycles. The molecule has 1 aromatic heterocycles. The van der Waals surface area contributed by atoms with Crippen LogP contribution in [0.3, 0.4) is 0 Å². The molecule has 0 unspecified atom stereocenters. The number of hydrogen-bond donors (Lipinski definition) is 0. The lowest BCUT2D eigenvalue weighted by molar-refractivity contribution is -0.122. The Morgan fingerprint density at radius 1 is 1.11 bits per heavy atom. The highest BCUT2D eigenvalue weighted by Gasteiger charge is 2.32. The molecule has 3 aromatic rings. The number of carbonyl (C=O) groups is 1. The first-order valence-electron chi connectivity index (χ1n) is 13.0. The Hall–Kier alpha value is -2.90. The predicted molar refractivity (Wildman–Crippen MR) is 158 cm³/mol. The van der Waals surface area contributed by atoms with Crippen LogP contribution in [-0.4, -0.2) is 38.1 Å². The lowest BCUT2D eigenvalue weighted by atomic mass is 10.0. The Balaban J connectivity index is 1.68. The van der Waals surface area contributed by atoms with Gasteiger partial charge in [0.05, 0.1) is 17.2 Å². The van der Waals surface area contributed by atoms with Crippen molar-refractivity contribution in [2.45, 2.75) is 53.4 Å². The molecule has 0 atom stereocenters. The molecule has 1 saturated heterocycles. The van der Waals surface area contributed by atoms with E-state index >= 15 is 0 Å². The maximum absolute atomic E-state index is 13.3. The van der Waals surface area contributed by atoms with Crippen LogP contribution >= 0.6 is 24.0 Å². The SMILES string of the molecule is CCCCCCN1C(=O)/C(=C/c2cn(-c3ccccc3)nc2-c2ccc(OCC(C)C)cc2C)SC1=S. The van der Waals surface area contributed by atoms with Crippen LogP contribution in [0.25, 0.3) is 23.0 Å². The molecule has 5 nitrogen and oxygen atoms in total. The topological polar surface area (TPSA) is 47.4 Å². The summed E-state index contributed by atoms with van der Waals surface area (Å²) >= 11 is 6.94. The van der Waals surface area contributed by atoms with E-state index in [1.807, 2.05) is 53.4 Å². The molecule has 1 aliphatic heterocycles. The van der Waals surface area contributed by atoms with Crippen molar-refractivity contribution in [1.29, 1.82) is 0 Å². The van der Waals surface area contributed by atoms with Crippen LogP contribution < -0.4 is 4.74 Å². The number of rotatable bonds is 11. The van der Waals surface area contributed by atoms with Crippen molar-refractivity contribution in [3.8, 4) is 22.7 Å². The van der Waals surface area contributed by atoms with Gasteiger partial charge in [-0.05, 0) is 61.2 Å². The number of unbranched alkanes of at least 4 members (excludes halogenated alkanes) is 3. The average molecular weight is 534 g/mol. The molecular formula is C30H35N3O2S2. The van der Waals surface area contributed by atoms with Crippen LogP contribution in [0.1, 0.15) is 57.6 Å². The minimum Gasteiger partial charge on any atom is -0.493 e. The normalized spacial score (nSPS) is 14.8. The number of carbonyl (C=O) groups excluding carboxylic acids is 1. The number of para-hydroxylation sites is 1. The predicted octanol–water partition coefficient (Wildman–Crippen LogP) is 7.66. The number of hydrogen-bond acceptors (Lipinski definition) is 5. The first-order valence-corrected chi connectivity index (χ1v) is 14.2. The molecule has 0 saturated carbocycles. The van der Waals surface area contributed by atoms with Crippen LogP contribution in [0, 0.1) is 12.8 Å². The largest absolute Gasteiger partial charge is 0.493 e. The lowest BCUT2D eigenvalue weighted by Gasteiger charge is -2.13. The molecule has 194 valence electrons. The highest BCUT2D eigenvalue weighted by Crippen LogP contribution is 2.36. The van der Waals surface area contributed by atoms with Crippen molar-refractivity contribution in [3.63, 3.8) is 0 Å². The zero-order valence-corrected chi connectivity index (χ0v) is 23.7. The summed E-state index contributed by atoms with van der Waals surface area (Å²) in [6.07, 6.45) is 8.34. The van der Waals surface area contributed by atoms with Crippen molar-refractivity contribution in [2.75, 3.05) is 13.2 Å². The fourth-order valence-corrected chi connectivity index (χ4v) is 5.50. The van der Waals surface area contributed by atoms with Gasteiger partial charge >= 0.3 is 0 Å². The number of thiocarbonyl (C=S) groups is 1. The van der Waals surface area contributed by atoms with Crippen molar-refractivity contribution < 1.29 is 9.53 Å². The van der Waals surface area contributed by atoms with Gasteiger partial charge in [0.15, 0.2) is 0 Å². The third kappa shape index (κ3) is 6.70. The lowest BCUT2D eigenvalue weighted by Crippen LogP contribution is -2.29. The molecule has 1 aliphatic rings. The van der Waals surface area contributed by atoms with Gasteiger partial charge in [-0.25, -0.2) is 4.68 Å². The van der Waals surface area contributed by atoms with Crippen LogP contribution in [0.5, 0.6) is 5.75 Å². The Morgan fingerprint density at radius 3 is 2.59 bits per heavy atom. The fourth-order valence-electron chi connectivity index (χ4n) is 4.20. The summed E-state index contributed by atoms with van der Waals surface area (Å²) in [5.74, 6) is 1.29. The molecule has 0 radical (unpaired) electrons. The Bertz CT molecular complexity index is 1280. The van der Waals surface area contributed by atoms with Crippen molar-refractivity contribution in [3.05, 3.63) is 70.8 Å². The third-order valence-corrected chi connectivity index (χ3v) is 7.57. The summed E-state index contributed by atoms with van der Waals surface area (Å²) in [4.78, 5) is 15.6. The van der Waals surface area contributed by atoms with Gasteiger partial charge in [-0.1, -0.05) is 82.2 Å². The van der Waals surface area contributed by atoms with E-state index < -0.39 is 0 Å². The van der Waals surface area contributed by atoms with Crippen LogP contribution in [-0.2, 0) is 4.79 Å². The molecule has 0 aliphatic carbocycles. The number of nitrogens with zero attached hydrogens (tertiary/aromatic N) is 3. The second kappa shape index (κ2) is 12.6. The van der Waals surface area contributed by atoms with Gasteiger partial charge in [-0.2, -0.15) is 5.10 Å². The maximum Gasteiger partial charge on any atom is 0.266 e. The number of ether oxygens (including phenoxy) is 1. The monoisotopic (exact) mass is 533 g/mol. The Morgan fingerprint density at radius 2 is 1.89 bits per heavy atom. The summed E-state index contributed by atoms with van der Waals surface area (Å²) in [7, 11) is 0. The number of amides is 1. The molecule has 1 amide bonds. The van der Waals surface area contributed by atoms with E-state index in [0.717, 1.165) is 53.1 Å². The molecular weight excluding hydrogens is 498 g/mol. The van der Waals surface area contributed by atoms with Crippen molar-refractivity contribution in [1.82, 2.24) is 14.7 Å². The molecule has 7 heteroatoms. The zero-order valence-electron chi connectivity index (χ0n) is 22.1. The molecule has 1 fully saturated rings. The maximum atomic E-state index is 13.3. The summed E-state index contributed by atoms with van der Waals surface area (Å²) in [6, 6.07) is 16.1. The second-order valence-corrected chi connectivity index (χ2v) is 11.5. The Labute approximate surface area is 229 Å². The van der Waals surface area contributed by atoms with Gasteiger partial charge in [0.2, 0.25) is 0 Å². The number of thioether (sulfide) groups is 1. The van der Waals surface area contributed by atoms with E-state index in [0.29, 0.717) is 28.3 Å². The van der Waals surface area contributed by atoms with Crippen molar-refractivity contribution >= 4 is 40.3 Å². The third-order valence-electron chi connectivity index (χ3n) is 6.20. The second-order valence-electron chi connectivity index (χ2n) is 9.79. The minimum atomic E-state index is -0.0148. The summed E-state index contributed by atoms with van der Waals surface area (Å²) in [5.41, 5.74) is 4.74. The first kappa shape index (κ1) is 27.1. The molecule has 0 N–H and O–H groups in total. The van der Waals surface area contributed by atoms with Gasteiger partial charge in [-0.15, -0.1) is 0 Å². The fraction of sp³-hybridized carbons (Fsp3) is 0.367. The molecule has 4 rings (SSSR count). The van der Waals surface area contributed by atoms with Gasteiger partial charge in [0.25, 0.3) is 5.91 Å². The number of aromatic nitrogens is 2. The number of aryl methyl sites for hydroxylation is 1. The standard InChI is InChI=1S/C30H35N3O2S2/c1-5-6-7-11-16-32-29(34)27(37-30(32)36)18-23-19-33(24-12-9-8-10-13-24)31-28(23)26-15-14-25(17-22(26)4)35-20-21(2)3/h8-10,12-15,17-19,21H,5-7,11,16,20H2,1-4H3/b27-18-. The summed E-state index contributed by atoms with van der Waals surface area (Å²) in [5, 5.41) is 4.95. The quantitative estimate of drug-likeness (QED) is 0.144. The zero-order chi connectivity index (χ0) is 26.4. The highest BCUT2D eigenvalue weighted by atomic mass is 32.2. The smallest absolute Gasteiger partial charge is 0.266 e. The van der Waals surface area contributed by atoms with E-state index in [1.54, 1.807) is 4.90 Å². The summed E-state index contributed by atoms with van der Waals surface area (Å²) < 4.78 is 8.43. The van der Waals surface area contributed by atoms with E-state index in [4.69, 9.17) is 22.1 Å². The number of benzene rings is 2. The van der Waals surface area contributed by atoms with Gasteiger partial charge < -0.3 is 4.74 Å². The Kier molecular flexibility index (Phi) is 9.22. The van der Waals surface area contributed by atoms with Gasteiger partial charge in [0.1, 0.15) is 15.8 Å². The van der Waals surface area contributed by atoms with Gasteiger partial charge in [-0.3, -0.25) is 9.69 Å². The van der Waals surface area contributed by atoms with E-state index in [2.05, 4.69) is 39.8 Å². The van der Waals surface area contributed by atoms with E-state index in [-0.39, 0.29) is 5.91 Å². The van der Waals surface area contributed by atoms with Crippen molar-refractivity contribution in [2.24, 2.45) is 5.92 Å².